The first-order chi connectivity index (χ1) is 9.75. The predicted octanol–water partition coefficient (Wildman–Crippen LogP) is 1.86. The number of nitrogens with one attached hydrogen (secondary N) is 1. The zero-order valence-electron chi connectivity index (χ0n) is 11.5. The van der Waals surface area contributed by atoms with Crippen LogP contribution in [-0.4, -0.2) is 34.5 Å². The second-order valence-corrected chi connectivity index (χ2v) is 4.52. The lowest BCUT2D eigenvalue weighted by Gasteiger charge is -2.17. The van der Waals surface area contributed by atoms with Gasteiger partial charge in [0.25, 0.3) is 0 Å². The number of carbonyl (C=O) groups is 1. The van der Waals surface area contributed by atoms with Crippen LogP contribution in [0.4, 0.5) is 4.79 Å². The van der Waals surface area contributed by atoms with Crippen molar-refractivity contribution in [2.75, 3.05) is 13.6 Å². The number of hydrogen-bond acceptors (Lipinski definition) is 3. The van der Waals surface area contributed by atoms with Crippen molar-refractivity contribution in [3.05, 3.63) is 60.2 Å². The predicted molar refractivity (Wildman–Crippen MR) is 77.0 cm³/mol. The van der Waals surface area contributed by atoms with Gasteiger partial charge < -0.3 is 10.2 Å². The summed E-state index contributed by atoms with van der Waals surface area (Å²) >= 11 is 0. The van der Waals surface area contributed by atoms with Crippen molar-refractivity contribution in [3.8, 4) is 0 Å². The van der Waals surface area contributed by atoms with Gasteiger partial charge in [0.05, 0.1) is 12.2 Å². The molecule has 0 bridgehead atoms. The highest BCUT2D eigenvalue weighted by Crippen LogP contribution is 1.99. The Kier molecular flexibility index (Phi) is 5.06. The van der Waals surface area contributed by atoms with Crippen molar-refractivity contribution in [2.24, 2.45) is 0 Å². The summed E-state index contributed by atoms with van der Waals surface area (Å²) in [7, 11) is 1.76. The first-order valence-corrected chi connectivity index (χ1v) is 6.53. The molecule has 0 aliphatic heterocycles. The highest BCUT2D eigenvalue weighted by atomic mass is 16.2. The van der Waals surface area contributed by atoms with Gasteiger partial charge in [0.15, 0.2) is 0 Å². The van der Waals surface area contributed by atoms with Gasteiger partial charge in [-0.1, -0.05) is 12.1 Å². The molecule has 2 aromatic rings. The van der Waals surface area contributed by atoms with Crippen molar-refractivity contribution in [3.63, 3.8) is 0 Å². The number of amides is 2. The van der Waals surface area contributed by atoms with Crippen LogP contribution in [0.3, 0.4) is 0 Å². The van der Waals surface area contributed by atoms with Gasteiger partial charge in [-0.25, -0.2) is 4.79 Å². The fourth-order valence-electron chi connectivity index (χ4n) is 1.80. The summed E-state index contributed by atoms with van der Waals surface area (Å²) < 4.78 is 0. The summed E-state index contributed by atoms with van der Waals surface area (Å²) in [5, 5.41) is 2.88. The molecule has 0 unspecified atom stereocenters. The average Bonchev–Trinajstić information content (AvgIpc) is 2.49. The van der Waals surface area contributed by atoms with E-state index in [0.29, 0.717) is 13.1 Å². The van der Waals surface area contributed by atoms with E-state index >= 15 is 0 Å². The van der Waals surface area contributed by atoms with Crippen LogP contribution < -0.4 is 5.32 Å². The van der Waals surface area contributed by atoms with Gasteiger partial charge in [0.2, 0.25) is 0 Å². The van der Waals surface area contributed by atoms with Gasteiger partial charge in [-0.2, -0.15) is 0 Å². The molecule has 0 fully saturated rings. The Labute approximate surface area is 118 Å². The summed E-state index contributed by atoms with van der Waals surface area (Å²) in [5.74, 6) is 0. The molecule has 5 nitrogen and oxygen atoms in total. The lowest BCUT2D eigenvalue weighted by molar-refractivity contribution is 0.206. The number of rotatable bonds is 5. The average molecular weight is 270 g/mol. The van der Waals surface area contributed by atoms with Gasteiger partial charge in [0.1, 0.15) is 0 Å². The molecule has 2 amide bonds. The Bertz CT molecular complexity index is 530. The molecule has 0 saturated carbocycles. The lowest BCUT2D eigenvalue weighted by atomic mass is 10.2. The van der Waals surface area contributed by atoms with Crippen LogP contribution in [0.2, 0.25) is 0 Å². The van der Waals surface area contributed by atoms with Crippen LogP contribution in [0.25, 0.3) is 0 Å². The second-order valence-electron chi connectivity index (χ2n) is 4.52. The summed E-state index contributed by atoms with van der Waals surface area (Å²) in [4.78, 5) is 21.8. The minimum Gasteiger partial charge on any atom is -0.338 e. The Morgan fingerprint density at radius 2 is 2.15 bits per heavy atom. The van der Waals surface area contributed by atoms with E-state index in [1.165, 1.54) is 0 Å². The molecule has 0 aliphatic rings. The molecule has 2 heterocycles. The van der Waals surface area contributed by atoms with Gasteiger partial charge >= 0.3 is 6.03 Å². The zero-order chi connectivity index (χ0) is 14.2. The Morgan fingerprint density at radius 3 is 2.85 bits per heavy atom. The number of carbonyl (C=O) groups excluding carboxylic acids is 1. The van der Waals surface area contributed by atoms with Crippen LogP contribution >= 0.6 is 0 Å². The first kappa shape index (κ1) is 14.0. The van der Waals surface area contributed by atoms with E-state index < -0.39 is 0 Å². The van der Waals surface area contributed by atoms with Gasteiger partial charge in [-0.3, -0.25) is 9.97 Å². The van der Waals surface area contributed by atoms with E-state index in [1.807, 2.05) is 36.5 Å². The maximum absolute atomic E-state index is 11.9. The highest BCUT2D eigenvalue weighted by Gasteiger charge is 2.08. The molecular formula is C15H18N4O. The normalized spacial score (nSPS) is 10.1. The number of aromatic nitrogens is 2. The van der Waals surface area contributed by atoms with Gasteiger partial charge in [0, 0.05) is 32.2 Å². The van der Waals surface area contributed by atoms with Crippen molar-refractivity contribution in [2.45, 2.75) is 13.0 Å². The number of hydrogen-bond donors (Lipinski definition) is 1. The second kappa shape index (κ2) is 7.23. The third kappa shape index (κ3) is 4.35. The summed E-state index contributed by atoms with van der Waals surface area (Å²) in [6.45, 7) is 1.09. The van der Waals surface area contributed by atoms with E-state index in [0.717, 1.165) is 17.7 Å². The summed E-state index contributed by atoms with van der Waals surface area (Å²) in [6.07, 6.45) is 6.05. The molecule has 0 aromatic carbocycles. The minimum atomic E-state index is -0.0976. The standard InChI is InChI=1S/C15H18N4O/c1-19(12-14-6-2-3-9-17-14)15(20)18-10-7-13-5-4-8-16-11-13/h2-6,8-9,11H,7,10,12H2,1H3,(H,18,20). The van der Waals surface area contributed by atoms with E-state index in [9.17, 15) is 4.79 Å². The van der Waals surface area contributed by atoms with Crippen molar-refractivity contribution >= 4 is 6.03 Å². The maximum Gasteiger partial charge on any atom is 0.317 e. The van der Waals surface area contributed by atoms with Crippen molar-refractivity contribution in [1.29, 1.82) is 0 Å². The lowest BCUT2D eigenvalue weighted by Crippen LogP contribution is -2.37. The number of pyridine rings is 2. The molecule has 2 aromatic heterocycles. The van der Waals surface area contributed by atoms with Gasteiger partial charge in [-0.15, -0.1) is 0 Å². The number of urea groups is 1. The van der Waals surface area contributed by atoms with Crippen LogP contribution in [0, 0.1) is 0 Å². The van der Waals surface area contributed by atoms with E-state index in [1.54, 1.807) is 24.3 Å². The van der Waals surface area contributed by atoms with E-state index in [4.69, 9.17) is 0 Å². The fourth-order valence-corrected chi connectivity index (χ4v) is 1.80. The molecule has 2 rings (SSSR count). The topological polar surface area (TPSA) is 58.1 Å². The minimum absolute atomic E-state index is 0.0976. The fraction of sp³-hybridized carbons (Fsp3) is 0.267. The van der Waals surface area contributed by atoms with E-state index in [2.05, 4.69) is 15.3 Å². The van der Waals surface area contributed by atoms with Crippen molar-refractivity contribution in [1.82, 2.24) is 20.2 Å². The molecule has 5 heteroatoms. The maximum atomic E-state index is 11.9. The summed E-state index contributed by atoms with van der Waals surface area (Å²) in [5.41, 5.74) is 1.98. The Balaban J connectivity index is 1.74. The molecule has 0 spiro atoms. The largest absolute Gasteiger partial charge is 0.338 e. The molecule has 0 aliphatic carbocycles. The SMILES string of the molecule is CN(Cc1ccccn1)C(=O)NCCc1cccnc1. The Morgan fingerprint density at radius 1 is 1.25 bits per heavy atom. The van der Waals surface area contributed by atoms with Crippen molar-refractivity contribution < 1.29 is 4.79 Å². The molecule has 1 N–H and O–H groups in total. The molecular weight excluding hydrogens is 252 g/mol. The van der Waals surface area contributed by atoms with Gasteiger partial charge in [-0.05, 0) is 30.2 Å². The smallest absolute Gasteiger partial charge is 0.317 e. The summed E-state index contributed by atoms with van der Waals surface area (Å²) in [6, 6.07) is 9.47. The van der Waals surface area contributed by atoms with Crippen LogP contribution in [0.1, 0.15) is 11.3 Å². The third-order valence-corrected chi connectivity index (χ3v) is 2.88. The molecule has 0 saturated heterocycles. The molecule has 0 atom stereocenters. The van der Waals surface area contributed by atoms with Crippen LogP contribution in [0.5, 0.6) is 0 Å². The van der Waals surface area contributed by atoms with E-state index in [-0.39, 0.29) is 6.03 Å². The monoisotopic (exact) mass is 270 g/mol. The Hall–Kier alpha value is -2.43. The first-order valence-electron chi connectivity index (χ1n) is 6.53. The molecule has 104 valence electrons. The molecule has 20 heavy (non-hydrogen) atoms. The molecule has 0 radical (unpaired) electrons. The quantitative estimate of drug-likeness (QED) is 0.902. The van der Waals surface area contributed by atoms with Crippen LogP contribution in [-0.2, 0) is 13.0 Å². The van der Waals surface area contributed by atoms with Crippen LogP contribution in [0.15, 0.2) is 48.9 Å². The zero-order valence-corrected chi connectivity index (χ0v) is 11.5. The number of nitrogens with zero attached hydrogens (tertiary/aromatic N) is 3. The highest BCUT2D eigenvalue weighted by molar-refractivity contribution is 5.73. The third-order valence-electron chi connectivity index (χ3n) is 2.88.